The van der Waals surface area contributed by atoms with E-state index in [9.17, 15) is 4.79 Å². The van der Waals surface area contributed by atoms with E-state index in [2.05, 4.69) is 23.0 Å². The summed E-state index contributed by atoms with van der Waals surface area (Å²) in [5, 5.41) is 6.02. The van der Waals surface area contributed by atoms with Gasteiger partial charge in [0.2, 0.25) is 12.8 Å². The van der Waals surface area contributed by atoms with E-state index in [1.807, 2.05) is 0 Å². The molecule has 1 aromatic rings. The monoisotopic (exact) mass is 144 g/mol. The predicted octanol–water partition coefficient (Wildman–Crippen LogP) is -0.941. The maximum Gasteiger partial charge on any atom is 0.306 e. The van der Waals surface area contributed by atoms with Crippen molar-refractivity contribution in [3.05, 3.63) is 22.1 Å². The van der Waals surface area contributed by atoms with E-state index >= 15 is 0 Å². The zero-order valence-corrected chi connectivity index (χ0v) is 5.72. The van der Waals surface area contributed by atoms with Crippen LogP contribution < -0.4 is 9.76 Å². The molecule has 0 spiro atoms. The minimum Gasteiger partial charge on any atom is -0.264 e. The largest absolute Gasteiger partial charge is 0.306 e. The Kier molecular flexibility index (Phi) is 1.52. The zero-order valence-electron chi connectivity index (χ0n) is 4.83. The zero-order chi connectivity index (χ0) is 6.85. The van der Waals surface area contributed by atoms with Gasteiger partial charge >= 0.3 is 5.56 Å². The molecule has 1 aromatic heterocycles. The molecule has 0 unspecified atom stereocenters. The van der Waals surface area contributed by atoms with Crippen molar-refractivity contribution in [1.29, 1.82) is 0 Å². The maximum absolute atomic E-state index is 10.7. The standard InChI is InChI=1S/C4H5N3OS/c1-3-2-5-7(9)6-4(3)8/h2H,1H3,(H-,5,6,8,9)/p+1. The highest BCUT2D eigenvalue weighted by molar-refractivity contribution is 7.72. The first-order chi connectivity index (χ1) is 4.20. The van der Waals surface area contributed by atoms with Crippen LogP contribution in [0.2, 0.25) is 0 Å². The van der Waals surface area contributed by atoms with Crippen molar-refractivity contribution >= 4 is 12.8 Å². The molecule has 0 radical (unpaired) electrons. The molecule has 0 saturated heterocycles. The van der Waals surface area contributed by atoms with Gasteiger partial charge in [-0.05, 0) is 6.92 Å². The highest BCUT2D eigenvalue weighted by Crippen LogP contribution is 1.74. The van der Waals surface area contributed by atoms with E-state index in [4.69, 9.17) is 0 Å². The Bertz CT molecular complexity index is 269. The molecule has 0 bridgehead atoms. The summed E-state index contributed by atoms with van der Waals surface area (Å²) >= 11 is 3.75. The van der Waals surface area contributed by atoms with Crippen LogP contribution in [0.25, 0.3) is 0 Å². The summed E-state index contributed by atoms with van der Waals surface area (Å²) < 4.78 is 1.06. The minimum atomic E-state index is -0.167. The molecular weight excluding hydrogens is 138 g/mol. The Balaban J connectivity index is 3.34. The second kappa shape index (κ2) is 2.18. The number of hydrogen-bond acceptors (Lipinski definition) is 3. The summed E-state index contributed by atoms with van der Waals surface area (Å²) in [5.74, 6) is 0. The van der Waals surface area contributed by atoms with Gasteiger partial charge in [-0.25, -0.2) is 0 Å². The van der Waals surface area contributed by atoms with Gasteiger partial charge in [-0.3, -0.25) is 4.79 Å². The van der Waals surface area contributed by atoms with E-state index in [1.165, 1.54) is 6.20 Å². The fourth-order valence-electron chi connectivity index (χ4n) is 0.408. The summed E-state index contributed by atoms with van der Waals surface area (Å²) in [7, 11) is 0. The Labute approximate surface area is 57.1 Å². The van der Waals surface area contributed by atoms with Crippen LogP contribution in [0.4, 0.5) is 0 Å². The summed E-state index contributed by atoms with van der Waals surface area (Å²) in [4.78, 5) is 10.7. The van der Waals surface area contributed by atoms with Crippen LogP contribution in [0, 0.1) is 6.92 Å². The number of thiol groups is 1. The molecule has 0 aliphatic rings. The van der Waals surface area contributed by atoms with Gasteiger partial charge in [0.1, 0.15) is 6.20 Å². The molecule has 0 aromatic carbocycles. The third-order valence-corrected chi connectivity index (χ3v) is 1.12. The van der Waals surface area contributed by atoms with Crippen molar-refractivity contribution < 1.29 is 4.20 Å². The fraction of sp³-hybridized carbons (Fsp3) is 0.250. The lowest BCUT2D eigenvalue weighted by atomic mass is 10.4. The number of nitrogens with zero attached hydrogens (tertiary/aromatic N) is 2. The highest BCUT2D eigenvalue weighted by atomic mass is 32.1. The quantitative estimate of drug-likeness (QED) is 0.364. The number of aromatic amines is 1. The van der Waals surface area contributed by atoms with Crippen LogP contribution in [0.5, 0.6) is 0 Å². The lowest BCUT2D eigenvalue weighted by Gasteiger charge is -1.81. The van der Waals surface area contributed by atoms with E-state index in [1.54, 1.807) is 6.92 Å². The van der Waals surface area contributed by atoms with Gasteiger partial charge in [0.25, 0.3) is 0 Å². The van der Waals surface area contributed by atoms with Crippen LogP contribution in [-0.4, -0.2) is 10.2 Å². The molecule has 0 amide bonds. The average molecular weight is 144 g/mol. The lowest BCUT2D eigenvalue weighted by molar-refractivity contribution is -0.627. The molecule has 1 N–H and O–H groups in total. The molecule has 0 fully saturated rings. The lowest BCUT2D eigenvalue weighted by Crippen LogP contribution is -2.37. The summed E-state index contributed by atoms with van der Waals surface area (Å²) in [6.45, 7) is 1.68. The number of aryl methyl sites for hydroxylation is 1. The minimum absolute atomic E-state index is 0.167. The van der Waals surface area contributed by atoms with Crippen LogP contribution in [0.15, 0.2) is 11.0 Å². The second-order valence-electron chi connectivity index (χ2n) is 1.66. The third-order valence-electron chi connectivity index (χ3n) is 0.920. The molecule has 9 heavy (non-hydrogen) atoms. The molecule has 48 valence electrons. The highest BCUT2D eigenvalue weighted by Gasteiger charge is 1.97. The summed E-state index contributed by atoms with van der Waals surface area (Å²) in [6, 6.07) is 0. The normalized spacial score (nSPS) is 9.56. The van der Waals surface area contributed by atoms with E-state index < -0.39 is 0 Å². The van der Waals surface area contributed by atoms with Crippen molar-refractivity contribution in [2.75, 3.05) is 0 Å². The average Bonchev–Trinajstić information content (AvgIpc) is 1.80. The van der Waals surface area contributed by atoms with Crippen LogP contribution in [0.1, 0.15) is 5.56 Å². The molecule has 5 heteroatoms. The molecule has 0 aliphatic carbocycles. The van der Waals surface area contributed by atoms with Gasteiger partial charge in [0.05, 0.1) is 4.20 Å². The first kappa shape index (κ1) is 6.28. The first-order valence-electron chi connectivity index (χ1n) is 2.37. The molecule has 1 rings (SSSR count). The number of aromatic nitrogens is 3. The Morgan fingerprint density at radius 1 is 1.89 bits per heavy atom. The Morgan fingerprint density at radius 2 is 2.56 bits per heavy atom. The van der Waals surface area contributed by atoms with Gasteiger partial charge < -0.3 is 0 Å². The van der Waals surface area contributed by atoms with Gasteiger partial charge in [-0.15, -0.1) is 0 Å². The van der Waals surface area contributed by atoms with Gasteiger partial charge in [0, 0.05) is 10.7 Å². The van der Waals surface area contributed by atoms with Crippen molar-refractivity contribution in [3.8, 4) is 0 Å². The smallest absolute Gasteiger partial charge is 0.264 e. The van der Waals surface area contributed by atoms with Crippen molar-refractivity contribution in [1.82, 2.24) is 10.2 Å². The van der Waals surface area contributed by atoms with E-state index in [0.29, 0.717) is 5.56 Å². The van der Waals surface area contributed by atoms with E-state index in [-0.39, 0.29) is 5.56 Å². The van der Waals surface area contributed by atoms with Crippen LogP contribution >= 0.6 is 12.8 Å². The van der Waals surface area contributed by atoms with Gasteiger partial charge in [0.15, 0.2) is 0 Å². The molecule has 0 aliphatic heterocycles. The SMILES string of the molecule is Cc1cn[n+](S)[nH]c1=O. The summed E-state index contributed by atoms with van der Waals surface area (Å²) in [6.07, 6.45) is 1.45. The Morgan fingerprint density at radius 3 is 3.00 bits per heavy atom. The molecule has 0 atom stereocenters. The molecule has 4 nitrogen and oxygen atoms in total. The number of rotatable bonds is 0. The summed E-state index contributed by atoms with van der Waals surface area (Å²) in [5.41, 5.74) is 0.417. The van der Waals surface area contributed by atoms with Crippen LogP contribution in [-0.2, 0) is 0 Å². The number of nitrogens with one attached hydrogen (secondary N) is 1. The molecule has 0 saturated carbocycles. The van der Waals surface area contributed by atoms with Crippen molar-refractivity contribution in [2.45, 2.75) is 6.92 Å². The maximum atomic E-state index is 10.7. The second-order valence-corrected chi connectivity index (χ2v) is 2.04. The third kappa shape index (κ3) is 1.29. The topological polar surface area (TPSA) is 49.6 Å². The first-order valence-corrected chi connectivity index (χ1v) is 2.77. The number of hydrogen-bond donors (Lipinski definition) is 2. The fourth-order valence-corrected chi connectivity index (χ4v) is 0.550. The van der Waals surface area contributed by atoms with Gasteiger partial charge in [-0.2, -0.15) is 0 Å². The molecular formula is C4H6N3OS+. The van der Waals surface area contributed by atoms with E-state index in [0.717, 1.165) is 4.20 Å². The van der Waals surface area contributed by atoms with Crippen molar-refractivity contribution in [2.24, 2.45) is 0 Å². The van der Waals surface area contributed by atoms with Crippen LogP contribution in [0.3, 0.4) is 0 Å². The Hall–Kier alpha value is -0.840. The molecule has 1 heterocycles. The van der Waals surface area contributed by atoms with Crippen molar-refractivity contribution in [3.63, 3.8) is 0 Å². The number of H-pyrrole nitrogens is 1. The predicted molar refractivity (Wildman–Crippen MR) is 34.2 cm³/mol. The van der Waals surface area contributed by atoms with Gasteiger partial charge in [-0.1, -0.05) is 5.10 Å².